The zero-order chi connectivity index (χ0) is 14.2. The zero-order valence-corrected chi connectivity index (χ0v) is 13.0. The van der Waals surface area contributed by atoms with Gasteiger partial charge >= 0.3 is 0 Å². The van der Waals surface area contributed by atoms with Crippen LogP contribution in [0.25, 0.3) is 11.0 Å². The second-order valence-corrected chi connectivity index (χ2v) is 6.42. The highest BCUT2D eigenvalue weighted by molar-refractivity contribution is 6.31. The van der Waals surface area contributed by atoms with E-state index in [2.05, 4.69) is 30.0 Å². The molecule has 20 heavy (non-hydrogen) atoms. The van der Waals surface area contributed by atoms with Crippen molar-refractivity contribution in [1.82, 2.24) is 14.9 Å². The molecule has 1 aliphatic carbocycles. The molecule has 0 amide bonds. The van der Waals surface area contributed by atoms with E-state index in [0.717, 1.165) is 28.3 Å². The van der Waals surface area contributed by atoms with Gasteiger partial charge in [-0.05, 0) is 38.1 Å². The van der Waals surface area contributed by atoms with E-state index in [1.807, 2.05) is 12.1 Å². The summed E-state index contributed by atoms with van der Waals surface area (Å²) in [5, 5.41) is 4.32. The average Bonchev–Trinajstić information content (AvgIpc) is 2.75. The van der Waals surface area contributed by atoms with Gasteiger partial charge in [-0.2, -0.15) is 0 Å². The molecule has 0 spiro atoms. The molecule has 0 saturated heterocycles. The summed E-state index contributed by atoms with van der Waals surface area (Å²) < 4.78 is 2.21. The summed E-state index contributed by atoms with van der Waals surface area (Å²) >= 11 is 6.07. The number of likely N-dealkylation sites (N-methyl/N-ethyl adjacent to an activating group) is 1. The number of halogens is 1. The molecule has 1 aliphatic rings. The van der Waals surface area contributed by atoms with Gasteiger partial charge in [0, 0.05) is 24.0 Å². The van der Waals surface area contributed by atoms with E-state index in [4.69, 9.17) is 16.6 Å². The van der Waals surface area contributed by atoms with E-state index in [1.54, 1.807) is 0 Å². The fourth-order valence-electron chi connectivity index (χ4n) is 3.43. The summed E-state index contributed by atoms with van der Waals surface area (Å²) in [6, 6.07) is 5.94. The Balaban J connectivity index is 1.95. The van der Waals surface area contributed by atoms with Crippen LogP contribution < -0.4 is 5.32 Å². The first kappa shape index (κ1) is 13.9. The molecule has 3 nitrogen and oxygen atoms in total. The number of nitrogens with one attached hydrogen (secondary N) is 1. The Bertz CT molecular complexity index is 611. The van der Waals surface area contributed by atoms with Crippen molar-refractivity contribution in [3.8, 4) is 0 Å². The Hall–Kier alpha value is -1.06. The topological polar surface area (TPSA) is 29.9 Å². The SMILES string of the molecule is CNC1(Cc2nc3cc(Cl)ccc3n2C)CCCCC1. The van der Waals surface area contributed by atoms with E-state index >= 15 is 0 Å². The van der Waals surface area contributed by atoms with Gasteiger partial charge in [-0.1, -0.05) is 30.9 Å². The number of nitrogens with zero attached hydrogens (tertiary/aromatic N) is 2. The molecule has 1 fully saturated rings. The summed E-state index contributed by atoms with van der Waals surface area (Å²) in [7, 11) is 4.19. The van der Waals surface area contributed by atoms with Crippen LogP contribution in [0.3, 0.4) is 0 Å². The molecule has 108 valence electrons. The van der Waals surface area contributed by atoms with Gasteiger partial charge in [0.25, 0.3) is 0 Å². The molecule has 0 aliphatic heterocycles. The lowest BCUT2D eigenvalue weighted by Crippen LogP contribution is -2.47. The van der Waals surface area contributed by atoms with Gasteiger partial charge in [0.05, 0.1) is 11.0 Å². The van der Waals surface area contributed by atoms with E-state index < -0.39 is 0 Å². The van der Waals surface area contributed by atoms with Gasteiger partial charge in [0.15, 0.2) is 0 Å². The molecule has 1 N–H and O–H groups in total. The second-order valence-electron chi connectivity index (χ2n) is 5.99. The Kier molecular flexibility index (Phi) is 3.74. The van der Waals surface area contributed by atoms with Crippen LogP contribution in [0.4, 0.5) is 0 Å². The van der Waals surface area contributed by atoms with Crippen molar-refractivity contribution in [1.29, 1.82) is 0 Å². The number of aryl methyl sites for hydroxylation is 1. The molecular weight excluding hydrogens is 270 g/mol. The van der Waals surface area contributed by atoms with Gasteiger partial charge in [-0.25, -0.2) is 4.98 Å². The second kappa shape index (κ2) is 5.38. The molecular formula is C16H22ClN3. The quantitative estimate of drug-likeness (QED) is 0.935. The average molecular weight is 292 g/mol. The third-order valence-corrected chi connectivity index (χ3v) is 5.01. The van der Waals surface area contributed by atoms with Gasteiger partial charge in [0.2, 0.25) is 0 Å². The van der Waals surface area contributed by atoms with Crippen LogP contribution in [0.5, 0.6) is 0 Å². The van der Waals surface area contributed by atoms with Gasteiger partial charge < -0.3 is 9.88 Å². The van der Waals surface area contributed by atoms with Gasteiger partial charge in [0.1, 0.15) is 5.82 Å². The molecule has 4 heteroatoms. The van der Waals surface area contributed by atoms with E-state index in [0.29, 0.717) is 0 Å². The van der Waals surface area contributed by atoms with E-state index in [1.165, 1.54) is 32.1 Å². The van der Waals surface area contributed by atoms with Crippen molar-refractivity contribution in [3.05, 3.63) is 29.0 Å². The number of fused-ring (bicyclic) bond motifs is 1. The lowest BCUT2D eigenvalue weighted by atomic mass is 9.79. The van der Waals surface area contributed by atoms with Gasteiger partial charge in [-0.15, -0.1) is 0 Å². The van der Waals surface area contributed by atoms with Crippen molar-refractivity contribution < 1.29 is 0 Å². The van der Waals surface area contributed by atoms with Gasteiger partial charge in [-0.3, -0.25) is 0 Å². The summed E-state index contributed by atoms with van der Waals surface area (Å²) in [5.74, 6) is 1.15. The number of benzene rings is 1. The van der Waals surface area contributed by atoms with Crippen LogP contribution >= 0.6 is 11.6 Å². The fourth-order valence-corrected chi connectivity index (χ4v) is 3.59. The Labute approximate surface area is 125 Å². The minimum absolute atomic E-state index is 0.219. The Morgan fingerprint density at radius 2 is 2.05 bits per heavy atom. The van der Waals surface area contributed by atoms with Crippen molar-refractivity contribution in [2.24, 2.45) is 7.05 Å². The maximum Gasteiger partial charge on any atom is 0.111 e. The molecule has 3 rings (SSSR count). The largest absolute Gasteiger partial charge is 0.331 e. The van der Waals surface area contributed by atoms with Crippen LogP contribution in [0.15, 0.2) is 18.2 Å². The summed E-state index contributed by atoms with van der Waals surface area (Å²) in [6.07, 6.45) is 7.47. The van der Waals surface area contributed by atoms with Crippen LogP contribution in [0.2, 0.25) is 5.02 Å². The van der Waals surface area contributed by atoms with E-state index in [9.17, 15) is 0 Å². The smallest absolute Gasteiger partial charge is 0.111 e. The first-order valence-corrected chi connectivity index (χ1v) is 7.81. The summed E-state index contributed by atoms with van der Waals surface area (Å²) in [6.45, 7) is 0. The summed E-state index contributed by atoms with van der Waals surface area (Å²) in [5.41, 5.74) is 2.38. The third kappa shape index (κ3) is 2.45. The Morgan fingerprint density at radius 1 is 1.30 bits per heavy atom. The molecule has 2 aromatic rings. The van der Waals surface area contributed by atoms with Crippen molar-refractivity contribution in [2.75, 3.05) is 7.05 Å². The lowest BCUT2D eigenvalue weighted by molar-refractivity contribution is 0.240. The molecule has 1 aromatic heterocycles. The normalized spacial score (nSPS) is 18.6. The van der Waals surface area contributed by atoms with Crippen molar-refractivity contribution in [3.63, 3.8) is 0 Å². The molecule has 1 aromatic carbocycles. The predicted octanol–water partition coefficient (Wildman–Crippen LogP) is 3.69. The highest BCUT2D eigenvalue weighted by Crippen LogP contribution is 2.31. The standard InChI is InChI=1S/C16H22ClN3/c1-18-16(8-4-3-5-9-16)11-15-19-13-10-12(17)6-7-14(13)20(15)2/h6-7,10,18H,3-5,8-9,11H2,1-2H3. The molecule has 0 unspecified atom stereocenters. The number of hydrogen-bond acceptors (Lipinski definition) is 2. The van der Waals surface area contributed by atoms with Crippen LogP contribution in [0, 0.1) is 0 Å². The van der Waals surface area contributed by atoms with Crippen molar-refractivity contribution in [2.45, 2.75) is 44.1 Å². The lowest BCUT2D eigenvalue weighted by Gasteiger charge is -2.37. The predicted molar refractivity (Wildman–Crippen MR) is 84.3 cm³/mol. The first-order chi connectivity index (χ1) is 9.63. The van der Waals surface area contributed by atoms with Crippen LogP contribution in [-0.4, -0.2) is 22.1 Å². The fraction of sp³-hybridized carbons (Fsp3) is 0.562. The molecule has 1 saturated carbocycles. The number of aromatic nitrogens is 2. The third-order valence-electron chi connectivity index (χ3n) is 4.77. The molecule has 1 heterocycles. The highest BCUT2D eigenvalue weighted by Gasteiger charge is 2.32. The first-order valence-electron chi connectivity index (χ1n) is 7.43. The number of rotatable bonds is 3. The Morgan fingerprint density at radius 3 is 2.75 bits per heavy atom. The van der Waals surface area contributed by atoms with Crippen LogP contribution in [0.1, 0.15) is 37.9 Å². The summed E-state index contributed by atoms with van der Waals surface area (Å²) in [4.78, 5) is 4.80. The minimum Gasteiger partial charge on any atom is -0.331 e. The van der Waals surface area contributed by atoms with E-state index in [-0.39, 0.29) is 5.54 Å². The molecule has 0 bridgehead atoms. The maximum atomic E-state index is 6.07. The van der Waals surface area contributed by atoms with Crippen molar-refractivity contribution >= 4 is 22.6 Å². The van der Waals surface area contributed by atoms with Crippen LogP contribution in [-0.2, 0) is 13.5 Å². The monoisotopic (exact) mass is 291 g/mol. The number of hydrogen-bond donors (Lipinski definition) is 1. The highest BCUT2D eigenvalue weighted by atomic mass is 35.5. The minimum atomic E-state index is 0.219. The zero-order valence-electron chi connectivity index (χ0n) is 12.2. The molecule has 0 radical (unpaired) electrons. The molecule has 0 atom stereocenters. The maximum absolute atomic E-state index is 6.07. The number of imidazole rings is 1.